The maximum Gasteiger partial charge on any atom is 0.375 e. The van der Waals surface area contributed by atoms with Crippen molar-refractivity contribution >= 4 is 38.6 Å². The molecule has 1 aliphatic heterocycles. The number of esters is 1. The molecular formula is C23H24N2O8S. The second-order valence-electron chi connectivity index (χ2n) is 7.58. The molecule has 11 heteroatoms. The average molecular weight is 489 g/mol. The van der Waals surface area contributed by atoms with Gasteiger partial charge in [0.25, 0.3) is 5.91 Å². The number of fused-ring (bicyclic) bond motifs is 1. The number of carbonyl (C=O) groups excluding carboxylic acids is 2. The molecule has 34 heavy (non-hydrogen) atoms. The monoisotopic (exact) mass is 488 g/mol. The summed E-state index contributed by atoms with van der Waals surface area (Å²) in [6.07, 6.45) is 0. The van der Waals surface area contributed by atoms with E-state index < -0.39 is 28.5 Å². The lowest BCUT2D eigenvalue weighted by Gasteiger charge is -2.26. The highest BCUT2D eigenvalue weighted by Crippen LogP contribution is 2.29. The Morgan fingerprint density at radius 1 is 1.09 bits per heavy atom. The molecule has 1 N–H and O–H groups in total. The molecular weight excluding hydrogens is 464 g/mol. The van der Waals surface area contributed by atoms with E-state index in [1.54, 1.807) is 32.2 Å². The first kappa shape index (κ1) is 23.7. The number of nitrogens with zero attached hydrogens (tertiary/aromatic N) is 1. The van der Waals surface area contributed by atoms with E-state index in [9.17, 15) is 18.0 Å². The molecule has 3 aromatic rings. The fourth-order valence-corrected chi connectivity index (χ4v) is 4.97. The zero-order chi connectivity index (χ0) is 24.3. The number of ether oxygens (including phenoxy) is 3. The van der Waals surface area contributed by atoms with Gasteiger partial charge < -0.3 is 23.9 Å². The van der Waals surface area contributed by atoms with Crippen LogP contribution in [0.1, 0.15) is 16.1 Å². The number of anilines is 1. The molecule has 2 aromatic carbocycles. The van der Waals surface area contributed by atoms with Gasteiger partial charge in [0.2, 0.25) is 15.8 Å². The lowest BCUT2D eigenvalue weighted by atomic mass is 10.1. The molecule has 0 atom stereocenters. The van der Waals surface area contributed by atoms with Gasteiger partial charge in [0.05, 0.1) is 25.2 Å². The molecule has 0 radical (unpaired) electrons. The molecule has 180 valence electrons. The van der Waals surface area contributed by atoms with E-state index in [1.165, 1.54) is 28.6 Å². The van der Waals surface area contributed by atoms with Gasteiger partial charge in [-0.15, -0.1) is 0 Å². The van der Waals surface area contributed by atoms with Crippen LogP contribution in [0.15, 0.2) is 51.8 Å². The maximum absolute atomic E-state index is 12.7. The van der Waals surface area contributed by atoms with Gasteiger partial charge in [-0.25, -0.2) is 13.2 Å². The minimum absolute atomic E-state index is 0.00808. The van der Waals surface area contributed by atoms with Crippen molar-refractivity contribution in [2.45, 2.75) is 11.8 Å². The summed E-state index contributed by atoms with van der Waals surface area (Å²) >= 11 is 0. The Bertz CT molecular complexity index is 1310. The smallest absolute Gasteiger partial charge is 0.375 e. The van der Waals surface area contributed by atoms with Crippen LogP contribution in [0.25, 0.3) is 11.0 Å². The summed E-state index contributed by atoms with van der Waals surface area (Å²) in [5.74, 6) is -0.712. The number of rotatable bonds is 7. The Labute approximate surface area is 196 Å². The Balaban J connectivity index is 1.35. The van der Waals surface area contributed by atoms with E-state index in [0.717, 1.165) is 0 Å². The van der Waals surface area contributed by atoms with Crippen molar-refractivity contribution in [3.05, 3.63) is 53.8 Å². The third-order valence-corrected chi connectivity index (χ3v) is 7.32. The highest BCUT2D eigenvalue weighted by atomic mass is 32.2. The Morgan fingerprint density at radius 3 is 2.47 bits per heavy atom. The van der Waals surface area contributed by atoms with Crippen LogP contribution in [0.2, 0.25) is 0 Å². The SMILES string of the molecule is COc1ccc2oc(C(=O)OCC(=O)Nc3ccc(S(=O)(=O)N4CCOCC4)cc3)c(C)c2c1. The summed E-state index contributed by atoms with van der Waals surface area (Å²) in [6.45, 7) is 2.48. The van der Waals surface area contributed by atoms with E-state index in [4.69, 9.17) is 18.6 Å². The molecule has 1 aromatic heterocycles. The largest absolute Gasteiger partial charge is 0.497 e. The van der Waals surface area contributed by atoms with Gasteiger partial charge in [-0.3, -0.25) is 4.79 Å². The number of nitrogens with one attached hydrogen (secondary N) is 1. The second kappa shape index (κ2) is 9.84. The Hall–Kier alpha value is -3.41. The summed E-state index contributed by atoms with van der Waals surface area (Å²) in [6, 6.07) is 10.9. The first-order valence-electron chi connectivity index (χ1n) is 10.5. The Kier molecular flexibility index (Phi) is 6.87. The zero-order valence-electron chi connectivity index (χ0n) is 18.7. The molecule has 0 unspecified atom stereocenters. The van der Waals surface area contributed by atoms with Crippen LogP contribution in [-0.4, -0.2) is 64.6 Å². The summed E-state index contributed by atoms with van der Waals surface area (Å²) in [7, 11) is -2.08. The minimum atomic E-state index is -3.63. The fraction of sp³-hybridized carbons (Fsp3) is 0.304. The number of carbonyl (C=O) groups is 2. The molecule has 1 fully saturated rings. The predicted molar refractivity (Wildman–Crippen MR) is 122 cm³/mol. The lowest BCUT2D eigenvalue weighted by molar-refractivity contribution is -0.119. The van der Waals surface area contributed by atoms with E-state index >= 15 is 0 Å². The number of hydrogen-bond acceptors (Lipinski definition) is 8. The number of morpholine rings is 1. The highest BCUT2D eigenvalue weighted by Gasteiger charge is 2.26. The summed E-state index contributed by atoms with van der Waals surface area (Å²) in [5.41, 5.74) is 1.45. The van der Waals surface area contributed by atoms with Crippen LogP contribution >= 0.6 is 0 Å². The van der Waals surface area contributed by atoms with Crippen molar-refractivity contribution in [3.63, 3.8) is 0 Å². The van der Waals surface area contributed by atoms with Crippen LogP contribution in [0.3, 0.4) is 0 Å². The number of furan rings is 1. The van der Waals surface area contributed by atoms with Crippen molar-refractivity contribution in [2.75, 3.05) is 45.3 Å². The summed E-state index contributed by atoms with van der Waals surface area (Å²) in [5, 5.41) is 3.28. The molecule has 10 nitrogen and oxygen atoms in total. The first-order valence-corrected chi connectivity index (χ1v) is 12.0. The van der Waals surface area contributed by atoms with Gasteiger partial charge in [0, 0.05) is 29.7 Å². The number of amides is 1. The van der Waals surface area contributed by atoms with Gasteiger partial charge >= 0.3 is 5.97 Å². The minimum Gasteiger partial charge on any atom is -0.497 e. The molecule has 2 heterocycles. The van der Waals surface area contributed by atoms with Crippen LogP contribution in [0.5, 0.6) is 5.75 Å². The number of methoxy groups -OCH3 is 1. The topological polar surface area (TPSA) is 124 Å². The number of sulfonamides is 1. The number of hydrogen-bond donors (Lipinski definition) is 1. The van der Waals surface area contributed by atoms with Crippen molar-refractivity contribution in [1.82, 2.24) is 4.31 Å². The molecule has 0 spiro atoms. The van der Waals surface area contributed by atoms with Gasteiger partial charge in [-0.05, 0) is 49.4 Å². The van der Waals surface area contributed by atoms with Gasteiger partial charge in [-0.1, -0.05) is 0 Å². The zero-order valence-corrected chi connectivity index (χ0v) is 19.5. The molecule has 1 amide bonds. The van der Waals surface area contributed by atoms with Gasteiger partial charge in [0.1, 0.15) is 11.3 Å². The molecule has 1 saturated heterocycles. The number of aryl methyl sites for hydroxylation is 1. The van der Waals surface area contributed by atoms with Gasteiger partial charge in [0.15, 0.2) is 6.61 Å². The second-order valence-corrected chi connectivity index (χ2v) is 9.52. The molecule has 4 rings (SSSR count). The van der Waals surface area contributed by atoms with E-state index in [-0.39, 0.29) is 10.7 Å². The van der Waals surface area contributed by atoms with Gasteiger partial charge in [-0.2, -0.15) is 4.31 Å². The predicted octanol–water partition coefficient (Wildman–Crippen LogP) is 2.57. The van der Waals surface area contributed by atoms with Crippen molar-refractivity contribution in [3.8, 4) is 5.75 Å². The normalized spacial score (nSPS) is 14.6. The van der Waals surface area contributed by atoms with Crippen LogP contribution in [0.4, 0.5) is 5.69 Å². The molecule has 0 saturated carbocycles. The van der Waals surface area contributed by atoms with E-state index in [2.05, 4.69) is 5.32 Å². The van der Waals surface area contributed by atoms with E-state index in [1.807, 2.05) is 0 Å². The standard InChI is InChI=1S/C23H24N2O8S/c1-15-19-13-17(30-2)5-8-20(19)33-22(15)23(27)32-14-21(26)24-16-3-6-18(7-4-16)34(28,29)25-9-11-31-12-10-25/h3-8,13H,9-12,14H2,1-2H3,(H,24,26). The van der Waals surface area contributed by atoms with Crippen molar-refractivity contribution in [1.29, 1.82) is 0 Å². The highest BCUT2D eigenvalue weighted by molar-refractivity contribution is 7.89. The molecule has 0 aliphatic carbocycles. The Morgan fingerprint density at radius 2 is 1.79 bits per heavy atom. The third-order valence-electron chi connectivity index (χ3n) is 5.41. The van der Waals surface area contributed by atoms with Crippen LogP contribution in [0, 0.1) is 6.92 Å². The average Bonchev–Trinajstić information content (AvgIpc) is 3.19. The quantitative estimate of drug-likeness (QED) is 0.503. The van der Waals surface area contributed by atoms with Crippen molar-refractivity contribution < 1.29 is 36.6 Å². The molecule has 0 bridgehead atoms. The maximum atomic E-state index is 12.7. The van der Waals surface area contributed by atoms with Crippen molar-refractivity contribution in [2.24, 2.45) is 0 Å². The first-order chi connectivity index (χ1) is 16.3. The molecule has 1 aliphatic rings. The summed E-state index contributed by atoms with van der Waals surface area (Å²) in [4.78, 5) is 24.8. The fourth-order valence-electron chi connectivity index (χ4n) is 3.56. The van der Waals surface area contributed by atoms with Crippen LogP contribution in [-0.2, 0) is 24.3 Å². The van der Waals surface area contributed by atoms with Crippen LogP contribution < -0.4 is 10.1 Å². The summed E-state index contributed by atoms with van der Waals surface area (Å²) < 4.78 is 47.8. The third kappa shape index (κ3) is 4.91. The van der Waals surface area contributed by atoms with E-state index in [0.29, 0.717) is 54.3 Å². The number of benzene rings is 2. The lowest BCUT2D eigenvalue weighted by Crippen LogP contribution is -2.40.